The van der Waals surface area contributed by atoms with Crippen LogP contribution in [0.25, 0.3) is 0 Å². The molecule has 0 spiro atoms. The van der Waals surface area contributed by atoms with Crippen LogP contribution in [0.3, 0.4) is 0 Å². The molecule has 0 saturated heterocycles. The van der Waals surface area contributed by atoms with Gasteiger partial charge < -0.3 is 5.32 Å². The monoisotopic (exact) mass is 287 g/mol. The molecular formula is C14H16ClF2NO. The summed E-state index contributed by atoms with van der Waals surface area (Å²) in [5.74, 6) is -2.12. The standard InChI is InChI=1S/C14H16ClF2NO/c15-13(12-10(16)7-4-8-11(12)17)14(19)18-9-5-2-1-3-6-9/h4,7-9,13H,1-3,5-6H2,(H,18,19). The second-order valence-corrected chi connectivity index (χ2v) is 5.28. The lowest BCUT2D eigenvalue weighted by atomic mass is 9.95. The van der Waals surface area contributed by atoms with Gasteiger partial charge in [0.15, 0.2) is 0 Å². The van der Waals surface area contributed by atoms with Gasteiger partial charge in [0.05, 0.1) is 5.56 Å². The van der Waals surface area contributed by atoms with Crippen LogP contribution in [-0.4, -0.2) is 11.9 Å². The number of nitrogens with one attached hydrogen (secondary N) is 1. The summed E-state index contributed by atoms with van der Waals surface area (Å²) in [5.41, 5.74) is -0.377. The minimum Gasteiger partial charge on any atom is -0.352 e. The van der Waals surface area contributed by atoms with E-state index in [2.05, 4.69) is 5.32 Å². The summed E-state index contributed by atoms with van der Waals surface area (Å²) in [5, 5.41) is 1.44. The van der Waals surface area contributed by atoms with E-state index in [0.29, 0.717) is 0 Å². The van der Waals surface area contributed by atoms with Crippen molar-refractivity contribution in [2.75, 3.05) is 0 Å². The fraction of sp³-hybridized carbons (Fsp3) is 0.500. The maximum absolute atomic E-state index is 13.5. The Morgan fingerprint density at radius 3 is 2.37 bits per heavy atom. The first kappa shape index (κ1) is 14.3. The quantitative estimate of drug-likeness (QED) is 0.844. The van der Waals surface area contributed by atoms with Gasteiger partial charge >= 0.3 is 0 Å². The van der Waals surface area contributed by atoms with Crippen molar-refractivity contribution < 1.29 is 13.6 Å². The Labute approximate surface area is 116 Å². The highest BCUT2D eigenvalue weighted by Crippen LogP contribution is 2.27. The molecule has 5 heteroatoms. The van der Waals surface area contributed by atoms with Crippen molar-refractivity contribution in [3.63, 3.8) is 0 Å². The van der Waals surface area contributed by atoms with E-state index in [9.17, 15) is 13.6 Å². The van der Waals surface area contributed by atoms with Crippen LogP contribution >= 0.6 is 11.6 Å². The average molecular weight is 288 g/mol. The number of benzene rings is 1. The number of carbonyl (C=O) groups excluding carboxylic acids is 1. The number of alkyl halides is 1. The third-order valence-corrected chi connectivity index (χ3v) is 3.85. The fourth-order valence-electron chi connectivity index (χ4n) is 2.41. The van der Waals surface area contributed by atoms with Crippen molar-refractivity contribution in [2.24, 2.45) is 0 Å². The predicted molar refractivity (Wildman–Crippen MR) is 70.0 cm³/mol. The van der Waals surface area contributed by atoms with Crippen molar-refractivity contribution in [1.82, 2.24) is 5.32 Å². The normalized spacial score (nSPS) is 18.1. The van der Waals surface area contributed by atoms with Crippen LogP contribution in [0.2, 0.25) is 0 Å². The molecule has 19 heavy (non-hydrogen) atoms. The van der Waals surface area contributed by atoms with Crippen LogP contribution in [0.5, 0.6) is 0 Å². The highest BCUT2D eigenvalue weighted by molar-refractivity contribution is 6.30. The lowest BCUT2D eigenvalue weighted by Crippen LogP contribution is -2.38. The number of hydrogen-bond donors (Lipinski definition) is 1. The van der Waals surface area contributed by atoms with Gasteiger partial charge in [0.1, 0.15) is 17.0 Å². The number of carbonyl (C=O) groups is 1. The first-order valence-corrected chi connectivity index (χ1v) is 6.91. The molecule has 1 saturated carbocycles. The summed E-state index contributed by atoms with van der Waals surface area (Å²) >= 11 is 5.89. The molecule has 1 aromatic rings. The molecule has 1 fully saturated rings. The highest BCUT2D eigenvalue weighted by atomic mass is 35.5. The number of halogens is 3. The van der Waals surface area contributed by atoms with Crippen molar-refractivity contribution in [3.8, 4) is 0 Å². The summed E-state index contributed by atoms with van der Waals surface area (Å²) in [6, 6.07) is 3.51. The van der Waals surface area contributed by atoms with E-state index in [1.807, 2.05) is 0 Å². The van der Waals surface area contributed by atoms with Gasteiger partial charge in [0, 0.05) is 6.04 Å². The van der Waals surface area contributed by atoms with Gasteiger partial charge in [-0.2, -0.15) is 0 Å². The summed E-state index contributed by atoms with van der Waals surface area (Å²) < 4.78 is 27.1. The Balaban J connectivity index is 2.06. The SMILES string of the molecule is O=C(NC1CCCCC1)C(Cl)c1c(F)cccc1F. The average Bonchev–Trinajstić information content (AvgIpc) is 2.39. The fourth-order valence-corrected chi connectivity index (χ4v) is 2.68. The van der Waals surface area contributed by atoms with Gasteiger partial charge in [0.25, 0.3) is 0 Å². The molecule has 1 atom stereocenters. The molecule has 0 aliphatic heterocycles. The maximum atomic E-state index is 13.5. The van der Waals surface area contributed by atoms with Crippen molar-refractivity contribution in [1.29, 1.82) is 0 Å². The van der Waals surface area contributed by atoms with E-state index in [1.54, 1.807) is 0 Å². The zero-order valence-corrected chi connectivity index (χ0v) is 11.2. The largest absolute Gasteiger partial charge is 0.352 e. The molecule has 2 nitrogen and oxygen atoms in total. The van der Waals surface area contributed by atoms with Crippen molar-refractivity contribution >= 4 is 17.5 Å². The summed E-state index contributed by atoms with van der Waals surface area (Å²) in [7, 11) is 0. The van der Waals surface area contributed by atoms with Crippen LogP contribution in [-0.2, 0) is 4.79 Å². The summed E-state index contributed by atoms with van der Waals surface area (Å²) in [4.78, 5) is 11.9. The van der Waals surface area contributed by atoms with Gasteiger partial charge in [-0.25, -0.2) is 8.78 Å². The van der Waals surface area contributed by atoms with E-state index in [1.165, 1.54) is 12.5 Å². The third kappa shape index (κ3) is 3.44. The van der Waals surface area contributed by atoms with Crippen molar-refractivity contribution in [3.05, 3.63) is 35.4 Å². The second-order valence-electron chi connectivity index (χ2n) is 4.84. The molecule has 1 unspecified atom stereocenters. The van der Waals surface area contributed by atoms with Gasteiger partial charge in [-0.05, 0) is 25.0 Å². The van der Waals surface area contributed by atoms with Crippen LogP contribution in [0.15, 0.2) is 18.2 Å². The smallest absolute Gasteiger partial charge is 0.243 e. The Morgan fingerprint density at radius 1 is 1.21 bits per heavy atom. The Morgan fingerprint density at radius 2 is 1.79 bits per heavy atom. The van der Waals surface area contributed by atoms with Gasteiger partial charge in [-0.1, -0.05) is 25.3 Å². The van der Waals surface area contributed by atoms with Crippen LogP contribution in [0, 0.1) is 11.6 Å². The minimum atomic E-state index is -1.33. The van der Waals surface area contributed by atoms with Gasteiger partial charge in [0.2, 0.25) is 5.91 Å². The zero-order chi connectivity index (χ0) is 13.8. The van der Waals surface area contributed by atoms with E-state index in [0.717, 1.165) is 37.8 Å². The minimum absolute atomic E-state index is 0.0670. The highest BCUT2D eigenvalue weighted by Gasteiger charge is 2.26. The van der Waals surface area contributed by atoms with Crippen LogP contribution in [0.4, 0.5) is 8.78 Å². The lowest BCUT2D eigenvalue weighted by Gasteiger charge is -2.24. The van der Waals surface area contributed by atoms with E-state index < -0.39 is 22.9 Å². The molecule has 1 aliphatic rings. The predicted octanol–water partition coefficient (Wildman–Crippen LogP) is 3.69. The lowest BCUT2D eigenvalue weighted by molar-refractivity contribution is -0.121. The van der Waals surface area contributed by atoms with Crippen LogP contribution in [0.1, 0.15) is 43.0 Å². The molecule has 1 N–H and O–H groups in total. The summed E-state index contributed by atoms with van der Waals surface area (Å²) in [6.07, 6.45) is 5.08. The molecule has 1 aliphatic carbocycles. The summed E-state index contributed by atoms with van der Waals surface area (Å²) in [6.45, 7) is 0. The molecule has 0 heterocycles. The zero-order valence-electron chi connectivity index (χ0n) is 10.5. The van der Waals surface area contributed by atoms with E-state index >= 15 is 0 Å². The van der Waals surface area contributed by atoms with E-state index in [-0.39, 0.29) is 11.6 Å². The Hall–Kier alpha value is -1.16. The number of rotatable bonds is 3. The third-order valence-electron chi connectivity index (χ3n) is 3.43. The number of amides is 1. The molecule has 1 amide bonds. The van der Waals surface area contributed by atoms with Gasteiger partial charge in [-0.15, -0.1) is 11.6 Å². The Bertz CT molecular complexity index is 441. The molecular weight excluding hydrogens is 272 g/mol. The van der Waals surface area contributed by atoms with Gasteiger partial charge in [-0.3, -0.25) is 4.79 Å². The molecule has 0 bridgehead atoms. The molecule has 104 valence electrons. The molecule has 0 aromatic heterocycles. The van der Waals surface area contributed by atoms with Crippen LogP contribution < -0.4 is 5.32 Å². The maximum Gasteiger partial charge on any atom is 0.243 e. The first-order valence-electron chi connectivity index (χ1n) is 6.48. The first-order chi connectivity index (χ1) is 9.09. The molecule has 0 radical (unpaired) electrons. The topological polar surface area (TPSA) is 29.1 Å². The Kier molecular flexibility index (Phi) is 4.75. The van der Waals surface area contributed by atoms with E-state index in [4.69, 9.17) is 11.6 Å². The van der Waals surface area contributed by atoms with Crippen molar-refractivity contribution in [2.45, 2.75) is 43.5 Å². The second kappa shape index (κ2) is 6.33. The molecule has 1 aromatic carbocycles. The number of hydrogen-bond acceptors (Lipinski definition) is 1. The molecule has 2 rings (SSSR count).